The van der Waals surface area contributed by atoms with Gasteiger partial charge in [0, 0.05) is 35.1 Å². The molecule has 0 fully saturated rings. The molecule has 1 aromatic heterocycles. The van der Waals surface area contributed by atoms with Gasteiger partial charge in [-0.1, -0.05) is 12.1 Å². The Morgan fingerprint density at radius 3 is 2.57 bits per heavy atom. The molecule has 5 heteroatoms. The molecule has 1 amide bonds. The SMILES string of the molecule is COc1ccc(C(=O)N2CCOc3ccc(-c4ccc(C)nc4)cc3C2)cc1. The quantitative estimate of drug-likeness (QED) is 0.693. The van der Waals surface area contributed by atoms with E-state index in [2.05, 4.69) is 17.1 Å². The van der Waals surface area contributed by atoms with E-state index < -0.39 is 0 Å². The Kier molecular flexibility index (Phi) is 4.98. The lowest BCUT2D eigenvalue weighted by atomic mass is 10.0. The van der Waals surface area contributed by atoms with Gasteiger partial charge in [-0.3, -0.25) is 9.78 Å². The second-order valence-corrected chi connectivity index (χ2v) is 6.81. The molecule has 2 heterocycles. The monoisotopic (exact) mass is 374 g/mol. The van der Waals surface area contributed by atoms with Gasteiger partial charge in [0.15, 0.2) is 0 Å². The van der Waals surface area contributed by atoms with Gasteiger partial charge >= 0.3 is 0 Å². The Labute approximate surface area is 164 Å². The van der Waals surface area contributed by atoms with E-state index >= 15 is 0 Å². The van der Waals surface area contributed by atoms with E-state index in [0.717, 1.165) is 33.9 Å². The maximum atomic E-state index is 13.0. The van der Waals surface area contributed by atoms with Crippen molar-refractivity contribution in [1.29, 1.82) is 0 Å². The largest absolute Gasteiger partial charge is 0.497 e. The number of hydrogen-bond acceptors (Lipinski definition) is 4. The topological polar surface area (TPSA) is 51.7 Å². The minimum Gasteiger partial charge on any atom is -0.497 e. The summed E-state index contributed by atoms with van der Waals surface area (Å²) in [6.45, 7) is 3.49. The van der Waals surface area contributed by atoms with Gasteiger partial charge in [-0.15, -0.1) is 0 Å². The Morgan fingerprint density at radius 1 is 1.07 bits per heavy atom. The lowest BCUT2D eigenvalue weighted by Gasteiger charge is -2.20. The number of amides is 1. The van der Waals surface area contributed by atoms with E-state index in [4.69, 9.17) is 9.47 Å². The Morgan fingerprint density at radius 2 is 1.86 bits per heavy atom. The van der Waals surface area contributed by atoms with Gasteiger partial charge in [0.2, 0.25) is 0 Å². The third-order valence-electron chi connectivity index (χ3n) is 4.91. The molecule has 28 heavy (non-hydrogen) atoms. The zero-order valence-corrected chi connectivity index (χ0v) is 16.0. The summed E-state index contributed by atoms with van der Waals surface area (Å²) in [4.78, 5) is 19.2. The fourth-order valence-electron chi connectivity index (χ4n) is 3.30. The van der Waals surface area contributed by atoms with Crippen LogP contribution in [0.5, 0.6) is 11.5 Å². The highest BCUT2D eigenvalue weighted by Crippen LogP contribution is 2.29. The number of carbonyl (C=O) groups excluding carboxylic acids is 1. The number of pyridine rings is 1. The highest BCUT2D eigenvalue weighted by atomic mass is 16.5. The number of nitrogens with zero attached hydrogens (tertiary/aromatic N) is 2. The van der Waals surface area contributed by atoms with Crippen molar-refractivity contribution in [3.63, 3.8) is 0 Å². The Hall–Kier alpha value is -3.34. The van der Waals surface area contributed by atoms with Gasteiger partial charge in [-0.2, -0.15) is 0 Å². The second kappa shape index (κ2) is 7.72. The fraction of sp³-hybridized carbons (Fsp3) is 0.217. The lowest BCUT2D eigenvalue weighted by Crippen LogP contribution is -2.32. The number of fused-ring (bicyclic) bond motifs is 1. The summed E-state index contributed by atoms with van der Waals surface area (Å²) in [6.07, 6.45) is 1.87. The van der Waals surface area contributed by atoms with Crippen LogP contribution in [0.1, 0.15) is 21.6 Å². The van der Waals surface area contributed by atoms with Crippen LogP contribution in [0, 0.1) is 6.92 Å². The molecule has 1 aliphatic heterocycles. The average Bonchev–Trinajstić information content (AvgIpc) is 2.95. The average molecular weight is 374 g/mol. The van der Waals surface area contributed by atoms with Gasteiger partial charge in [-0.25, -0.2) is 0 Å². The van der Waals surface area contributed by atoms with Crippen LogP contribution in [0.4, 0.5) is 0 Å². The minimum absolute atomic E-state index is 0.0125. The van der Waals surface area contributed by atoms with Crippen LogP contribution in [0.15, 0.2) is 60.8 Å². The van der Waals surface area contributed by atoms with E-state index in [0.29, 0.717) is 25.3 Å². The van der Waals surface area contributed by atoms with Crippen LogP contribution < -0.4 is 9.47 Å². The highest BCUT2D eigenvalue weighted by Gasteiger charge is 2.21. The smallest absolute Gasteiger partial charge is 0.254 e. The Balaban J connectivity index is 1.60. The summed E-state index contributed by atoms with van der Waals surface area (Å²) in [7, 11) is 1.61. The molecule has 1 aliphatic rings. The number of carbonyl (C=O) groups is 1. The van der Waals surface area contributed by atoms with E-state index in [-0.39, 0.29) is 5.91 Å². The molecule has 4 rings (SSSR count). The molecule has 0 bridgehead atoms. The first-order chi connectivity index (χ1) is 13.6. The number of hydrogen-bond donors (Lipinski definition) is 0. The van der Waals surface area contributed by atoms with Gasteiger partial charge in [0.05, 0.1) is 13.7 Å². The van der Waals surface area contributed by atoms with E-state index in [1.807, 2.05) is 36.2 Å². The number of aryl methyl sites for hydroxylation is 1. The van der Waals surface area contributed by atoms with Crippen molar-refractivity contribution in [2.75, 3.05) is 20.3 Å². The van der Waals surface area contributed by atoms with Gasteiger partial charge in [0.1, 0.15) is 18.1 Å². The van der Waals surface area contributed by atoms with Crippen LogP contribution in [0.25, 0.3) is 11.1 Å². The summed E-state index contributed by atoms with van der Waals surface area (Å²) in [6, 6.07) is 17.3. The summed E-state index contributed by atoms with van der Waals surface area (Å²) < 4.78 is 11.1. The molecule has 3 aromatic rings. The van der Waals surface area contributed by atoms with Crippen molar-refractivity contribution in [2.24, 2.45) is 0 Å². The van der Waals surface area contributed by atoms with Gasteiger partial charge < -0.3 is 14.4 Å². The first-order valence-corrected chi connectivity index (χ1v) is 9.26. The molecule has 0 aliphatic carbocycles. The fourth-order valence-corrected chi connectivity index (χ4v) is 3.30. The van der Waals surface area contributed by atoms with Crippen molar-refractivity contribution in [3.05, 3.63) is 77.6 Å². The molecule has 0 spiro atoms. The van der Waals surface area contributed by atoms with Crippen LogP contribution in [-0.2, 0) is 6.54 Å². The van der Waals surface area contributed by atoms with E-state index in [1.54, 1.807) is 31.4 Å². The molecule has 0 radical (unpaired) electrons. The van der Waals surface area contributed by atoms with Gasteiger partial charge in [0.25, 0.3) is 5.91 Å². The molecule has 2 aromatic carbocycles. The molecule has 5 nitrogen and oxygen atoms in total. The van der Waals surface area contributed by atoms with E-state index in [9.17, 15) is 4.79 Å². The van der Waals surface area contributed by atoms with Crippen LogP contribution in [-0.4, -0.2) is 36.1 Å². The van der Waals surface area contributed by atoms with Gasteiger partial charge in [-0.05, 0) is 55.0 Å². The molecule has 0 atom stereocenters. The predicted molar refractivity (Wildman–Crippen MR) is 108 cm³/mol. The normalized spacial score (nSPS) is 13.3. The van der Waals surface area contributed by atoms with Crippen molar-refractivity contribution in [2.45, 2.75) is 13.5 Å². The number of benzene rings is 2. The summed E-state index contributed by atoms with van der Waals surface area (Å²) in [5, 5.41) is 0. The van der Waals surface area contributed by atoms with Crippen molar-refractivity contribution < 1.29 is 14.3 Å². The number of rotatable bonds is 3. The molecule has 142 valence electrons. The van der Waals surface area contributed by atoms with E-state index in [1.165, 1.54) is 0 Å². The number of ether oxygens (including phenoxy) is 2. The maximum Gasteiger partial charge on any atom is 0.254 e. The summed E-state index contributed by atoms with van der Waals surface area (Å²) in [5.74, 6) is 1.55. The molecule has 0 saturated carbocycles. The zero-order chi connectivity index (χ0) is 19.5. The summed E-state index contributed by atoms with van der Waals surface area (Å²) in [5.41, 5.74) is 4.73. The molecule has 0 N–H and O–H groups in total. The third kappa shape index (κ3) is 3.69. The third-order valence-corrected chi connectivity index (χ3v) is 4.91. The van der Waals surface area contributed by atoms with Crippen LogP contribution >= 0.6 is 0 Å². The molecular formula is C23H22N2O3. The maximum absolute atomic E-state index is 13.0. The highest BCUT2D eigenvalue weighted by molar-refractivity contribution is 5.94. The van der Waals surface area contributed by atoms with Crippen LogP contribution in [0.3, 0.4) is 0 Å². The number of aromatic nitrogens is 1. The predicted octanol–water partition coefficient (Wildman–Crippen LogP) is 4.10. The Bertz CT molecular complexity index is 982. The molecular weight excluding hydrogens is 352 g/mol. The van der Waals surface area contributed by atoms with Crippen molar-refractivity contribution in [3.8, 4) is 22.6 Å². The van der Waals surface area contributed by atoms with Crippen LogP contribution in [0.2, 0.25) is 0 Å². The van der Waals surface area contributed by atoms with Crippen molar-refractivity contribution >= 4 is 5.91 Å². The standard InChI is InChI=1S/C23H22N2O3/c1-16-3-4-19(14-24-16)18-7-10-22-20(13-18)15-25(11-12-28-22)23(26)17-5-8-21(27-2)9-6-17/h3-10,13-14H,11-12,15H2,1-2H3. The first-order valence-electron chi connectivity index (χ1n) is 9.26. The number of methoxy groups -OCH3 is 1. The molecule has 0 saturated heterocycles. The van der Waals surface area contributed by atoms with Crippen molar-refractivity contribution in [1.82, 2.24) is 9.88 Å². The zero-order valence-electron chi connectivity index (χ0n) is 16.0. The minimum atomic E-state index is -0.0125. The first kappa shape index (κ1) is 18.0. The lowest BCUT2D eigenvalue weighted by molar-refractivity contribution is 0.0733. The molecule has 0 unspecified atom stereocenters. The second-order valence-electron chi connectivity index (χ2n) is 6.81. The summed E-state index contributed by atoms with van der Waals surface area (Å²) >= 11 is 0.